The molecule has 0 bridgehead atoms. The van der Waals surface area contributed by atoms with Gasteiger partial charge in [-0.2, -0.15) is 0 Å². The van der Waals surface area contributed by atoms with Gasteiger partial charge in [-0.25, -0.2) is 0 Å². The lowest BCUT2D eigenvalue weighted by molar-refractivity contribution is -0.117. The predicted molar refractivity (Wildman–Crippen MR) is 88.4 cm³/mol. The van der Waals surface area contributed by atoms with Crippen LogP contribution in [0.25, 0.3) is 0 Å². The number of nitrogens with two attached hydrogens (primary N) is 1. The third-order valence-electron chi connectivity index (χ3n) is 4.05. The molecule has 0 atom stereocenters. The van der Waals surface area contributed by atoms with Crippen LogP contribution >= 0.6 is 0 Å². The van der Waals surface area contributed by atoms with Crippen LogP contribution in [0.15, 0.2) is 48.5 Å². The fraction of sp³-hybridized carbons (Fsp3) is 0.278. The highest BCUT2D eigenvalue weighted by atomic mass is 16.2. The van der Waals surface area contributed by atoms with Gasteiger partial charge in [0.15, 0.2) is 0 Å². The first-order valence-electron chi connectivity index (χ1n) is 7.62. The number of nitrogens with one attached hydrogen (secondary N) is 1. The van der Waals surface area contributed by atoms with Gasteiger partial charge in [-0.15, -0.1) is 0 Å². The number of amides is 1. The summed E-state index contributed by atoms with van der Waals surface area (Å²) in [5.74, 6) is 0.0277. The minimum atomic E-state index is 0.0277. The number of nitrogens with zero attached hydrogens (tertiary/aromatic N) is 1. The number of carbonyl (C=O) groups excluding carboxylic acids is 1. The monoisotopic (exact) mass is 295 g/mol. The second kappa shape index (κ2) is 6.73. The molecule has 1 aliphatic rings. The molecule has 114 valence electrons. The number of rotatable bonds is 4. The molecule has 3 rings (SSSR count). The zero-order chi connectivity index (χ0) is 15.4. The average molecular weight is 295 g/mol. The molecule has 1 heterocycles. The van der Waals surface area contributed by atoms with Crippen molar-refractivity contribution in [1.82, 2.24) is 4.90 Å². The summed E-state index contributed by atoms with van der Waals surface area (Å²) >= 11 is 0. The van der Waals surface area contributed by atoms with Crippen molar-refractivity contribution in [2.75, 3.05) is 18.4 Å². The van der Waals surface area contributed by atoms with Crippen LogP contribution < -0.4 is 11.1 Å². The van der Waals surface area contributed by atoms with Crippen LogP contribution in [-0.2, 0) is 24.3 Å². The highest BCUT2D eigenvalue weighted by molar-refractivity contribution is 5.92. The molecule has 0 aromatic heterocycles. The SMILES string of the molecule is NCc1ccc(NC(=O)CN2CCc3ccccc3C2)cc1. The summed E-state index contributed by atoms with van der Waals surface area (Å²) in [7, 11) is 0. The summed E-state index contributed by atoms with van der Waals surface area (Å²) in [6.45, 7) is 2.71. The van der Waals surface area contributed by atoms with Gasteiger partial charge in [0, 0.05) is 25.3 Å². The zero-order valence-corrected chi connectivity index (χ0v) is 12.6. The van der Waals surface area contributed by atoms with Gasteiger partial charge in [0.25, 0.3) is 0 Å². The van der Waals surface area contributed by atoms with E-state index in [1.54, 1.807) is 0 Å². The lowest BCUT2D eigenvalue weighted by Crippen LogP contribution is -2.37. The van der Waals surface area contributed by atoms with Crippen molar-refractivity contribution >= 4 is 11.6 Å². The van der Waals surface area contributed by atoms with E-state index in [1.807, 2.05) is 24.3 Å². The number of benzene rings is 2. The van der Waals surface area contributed by atoms with Gasteiger partial charge in [0.1, 0.15) is 0 Å². The molecule has 3 N–H and O–H groups in total. The fourth-order valence-corrected chi connectivity index (χ4v) is 2.82. The summed E-state index contributed by atoms with van der Waals surface area (Å²) in [5, 5.41) is 2.94. The van der Waals surface area contributed by atoms with Crippen LogP contribution in [0.3, 0.4) is 0 Å². The Morgan fingerprint density at radius 2 is 1.82 bits per heavy atom. The van der Waals surface area contributed by atoms with E-state index in [1.165, 1.54) is 11.1 Å². The Morgan fingerprint density at radius 1 is 1.09 bits per heavy atom. The molecule has 0 saturated carbocycles. The lowest BCUT2D eigenvalue weighted by atomic mass is 10.00. The van der Waals surface area contributed by atoms with Crippen molar-refractivity contribution in [3.8, 4) is 0 Å². The molecule has 4 heteroatoms. The van der Waals surface area contributed by atoms with Gasteiger partial charge in [-0.05, 0) is 35.2 Å². The Morgan fingerprint density at radius 3 is 2.55 bits per heavy atom. The van der Waals surface area contributed by atoms with Crippen molar-refractivity contribution in [2.45, 2.75) is 19.5 Å². The van der Waals surface area contributed by atoms with Crippen molar-refractivity contribution in [3.05, 3.63) is 65.2 Å². The summed E-state index contributed by atoms with van der Waals surface area (Å²) in [4.78, 5) is 14.4. The highest BCUT2D eigenvalue weighted by Crippen LogP contribution is 2.18. The van der Waals surface area contributed by atoms with Crippen LogP contribution in [0.5, 0.6) is 0 Å². The Bertz CT molecular complexity index is 652. The molecule has 1 aliphatic heterocycles. The molecule has 0 fully saturated rings. The van der Waals surface area contributed by atoms with Crippen molar-refractivity contribution in [1.29, 1.82) is 0 Å². The average Bonchev–Trinajstić information content (AvgIpc) is 2.55. The molecule has 1 amide bonds. The summed E-state index contributed by atoms with van der Waals surface area (Å²) < 4.78 is 0. The van der Waals surface area contributed by atoms with Crippen LogP contribution in [0.4, 0.5) is 5.69 Å². The first-order chi connectivity index (χ1) is 10.7. The number of fused-ring (bicyclic) bond motifs is 1. The van der Waals surface area contributed by atoms with Gasteiger partial charge in [0.2, 0.25) is 5.91 Å². The first kappa shape index (κ1) is 14.8. The van der Waals surface area contributed by atoms with Gasteiger partial charge in [-0.3, -0.25) is 9.69 Å². The molecular formula is C18H21N3O. The van der Waals surface area contributed by atoms with Crippen LogP contribution in [-0.4, -0.2) is 23.9 Å². The molecule has 2 aromatic rings. The maximum Gasteiger partial charge on any atom is 0.238 e. The summed E-state index contributed by atoms with van der Waals surface area (Å²) in [6, 6.07) is 16.1. The standard InChI is InChI=1S/C18H21N3O/c19-11-14-5-7-17(8-6-14)20-18(22)13-21-10-9-15-3-1-2-4-16(15)12-21/h1-8H,9-13,19H2,(H,20,22). The van der Waals surface area contributed by atoms with Crippen LogP contribution in [0.2, 0.25) is 0 Å². The molecule has 0 unspecified atom stereocenters. The Hall–Kier alpha value is -2.17. The van der Waals surface area contributed by atoms with Gasteiger partial charge >= 0.3 is 0 Å². The third kappa shape index (κ3) is 3.53. The molecule has 2 aromatic carbocycles. The van der Waals surface area contributed by atoms with E-state index in [9.17, 15) is 4.79 Å². The number of carbonyl (C=O) groups is 1. The normalized spacial score (nSPS) is 14.4. The molecular weight excluding hydrogens is 274 g/mol. The smallest absolute Gasteiger partial charge is 0.238 e. The van der Waals surface area contributed by atoms with Crippen LogP contribution in [0.1, 0.15) is 16.7 Å². The largest absolute Gasteiger partial charge is 0.326 e. The number of anilines is 1. The summed E-state index contributed by atoms with van der Waals surface area (Å²) in [5.41, 5.74) is 10.2. The maximum absolute atomic E-state index is 12.2. The Kier molecular flexibility index (Phi) is 4.51. The first-order valence-corrected chi connectivity index (χ1v) is 7.62. The topological polar surface area (TPSA) is 58.4 Å². The van der Waals surface area contributed by atoms with Crippen molar-refractivity contribution < 1.29 is 4.79 Å². The van der Waals surface area contributed by atoms with Gasteiger partial charge in [0.05, 0.1) is 6.54 Å². The zero-order valence-electron chi connectivity index (χ0n) is 12.6. The van der Waals surface area contributed by atoms with E-state index in [4.69, 9.17) is 5.73 Å². The van der Waals surface area contributed by atoms with E-state index < -0.39 is 0 Å². The minimum absolute atomic E-state index is 0.0277. The molecule has 0 aliphatic carbocycles. The molecule has 0 radical (unpaired) electrons. The van der Waals surface area contributed by atoms with Gasteiger partial charge in [-0.1, -0.05) is 36.4 Å². The van der Waals surface area contributed by atoms with E-state index in [0.717, 1.165) is 30.8 Å². The van der Waals surface area contributed by atoms with E-state index in [-0.39, 0.29) is 5.91 Å². The van der Waals surface area contributed by atoms with Crippen LogP contribution in [0, 0.1) is 0 Å². The third-order valence-corrected chi connectivity index (χ3v) is 4.05. The highest BCUT2D eigenvalue weighted by Gasteiger charge is 2.17. The molecule has 22 heavy (non-hydrogen) atoms. The van der Waals surface area contributed by atoms with Crippen molar-refractivity contribution in [3.63, 3.8) is 0 Å². The van der Waals surface area contributed by atoms with Crippen molar-refractivity contribution in [2.24, 2.45) is 5.73 Å². The fourth-order valence-electron chi connectivity index (χ4n) is 2.82. The molecule has 0 saturated heterocycles. The molecule has 0 spiro atoms. The lowest BCUT2D eigenvalue weighted by Gasteiger charge is -2.28. The minimum Gasteiger partial charge on any atom is -0.326 e. The molecule has 4 nitrogen and oxygen atoms in total. The van der Waals surface area contributed by atoms with E-state index in [2.05, 4.69) is 34.5 Å². The number of hydrogen-bond acceptors (Lipinski definition) is 3. The maximum atomic E-state index is 12.2. The van der Waals surface area contributed by atoms with Gasteiger partial charge < -0.3 is 11.1 Å². The van der Waals surface area contributed by atoms with E-state index >= 15 is 0 Å². The predicted octanol–water partition coefficient (Wildman–Crippen LogP) is 2.14. The Labute approximate surface area is 130 Å². The quantitative estimate of drug-likeness (QED) is 0.908. The van der Waals surface area contributed by atoms with E-state index in [0.29, 0.717) is 13.1 Å². The Balaban J connectivity index is 1.56. The summed E-state index contributed by atoms with van der Waals surface area (Å²) in [6.07, 6.45) is 1.01. The second-order valence-electron chi connectivity index (χ2n) is 5.68. The number of hydrogen-bond donors (Lipinski definition) is 2. The second-order valence-corrected chi connectivity index (χ2v) is 5.68.